The van der Waals surface area contributed by atoms with Crippen molar-refractivity contribution in [1.82, 2.24) is 0 Å². The van der Waals surface area contributed by atoms with Gasteiger partial charge in [0, 0.05) is 10.6 Å². The average molecular weight is 306 g/mol. The van der Waals surface area contributed by atoms with Crippen LogP contribution >= 0.6 is 11.6 Å². The molecule has 0 aromatic heterocycles. The topological polar surface area (TPSA) is 35.2 Å². The largest absolute Gasteiger partial charge is 0.497 e. The Labute approximate surface area is 128 Å². The van der Waals surface area contributed by atoms with Crippen LogP contribution in [-0.2, 0) is 18.4 Å². The van der Waals surface area contributed by atoms with Crippen LogP contribution < -0.4 is 10.5 Å². The van der Waals surface area contributed by atoms with E-state index >= 15 is 0 Å². The molecule has 1 unspecified atom stereocenters. The standard InChI is InChI=1S/C17H17ClFNO/c1-21-14-5-3-11-6-7-17(20,15(11)9-14)10-12-2-4-13(19)8-16(12)18/h2-5,8-9H,6-7,10,20H2,1H3. The summed E-state index contributed by atoms with van der Waals surface area (Å²) in [5.41, 5.74) is 9.36. The quantitative estimate of drug-likeness (QED) is 0.935. The third-order valence-electron chi connectivity index (χ3n) is 4.21. The maximum Gasteiger partial charge on any atom is 0.124 e. The summed E-state index contributed by atoms with van der Waals surface area (Å²) in [4.78, 5) is 0. The van der Waals surface area contributed by atoms with Crippen LogP contribution in [0.25, 0.3) is 0 Å². The van der Waals surface area contributed by atoms with Crippen LogP contribution in [-0.4, -0.2) is 7.11 Å². The highest BCUT2D eigenvalue weighted by molar-refractivity contribution is 6.31. The minimum atomic E-state index is -0.481. The second-order valence-electron chi connectivity index (χ2n) is 5.59. The van der Waals surface area contributed by atoms with Gasteiger partial charge in [0.15, 0.2) is 0 Å². The molecule has 1 atom stereocenters. The fraction of sp³-hybridized carbons (Fsp3) is 0.294. The number of benzene rings is 2. The number of methoxy groups -OCH3 is 1. The molecule has 0 saturated carbocycles. The summed E-state index contributed by atoms with van der Waals surface area (Å²) in [6.45, 7) is 0. The average Bonchev–Trinajstić information content (AvgIpc) is 2.79. The highest BCUT2D eigenvalue weighted by atomic mass is 35.5. The van der Waals surface area contributed by atoms with Crippen LogP contribution in [0.2, 0.25) is 5.02 Å². The van der Waals surface area contributed by atoms with Gasteiger partial charge in [0.05, 0.1) is 7.11 Å². The number of hydrogen-bond donors (Lipinski definition) is 1. The number of aryl methyl sites for hydroxylation is 1. The molecule has 2 aromatic carbocycles. The first-order chi connectivity index (χ1) is 10.0. The summed E-state index contributed by atoms with van der Waals surface area (Å²) in [6.07, 6.45) is 2.38. The van der Waals surface area contributed by atoms with Gasteiger partial charge in [0.2, 0.25) is 0 Å². The molecule has 0 heterocycles. The van der Waals surface area contributed by atoms with Crippen molar-refractivity contribution >= 4 is 11.6 Å². The zero-order valence-corrected chi connectivity index (χ0v) is 12.6. The molecule has 2 aromatic rings. The molecule has 0 saturated heterocycles. The minimum absolute atomic E-state index is 0.330. The molecule has 110 valence electrons. The SMILES string of the molecule is COc1ccc2c(c1)C(N)(Cc1ccc(F)cc1Cl)CC2. The molecule has 4 heteroatoms. The Balaban J connectivity index is 1.96. The molecular formula is C17H17ClFNO. The first-order valence-corrected chi connectivity index (χ1v) is 7.30. The van der Waals surface area contributed by atoms with Crippen molar-refractivity contribution in [2.24, 2.45) is 5.73 Å². The van der Waals surface area contributed by atoms with E-state index in [4.69, 9.17) is 22.1 Å². The Morgan fingerprint density at radius 1 is 1.29 bits per heavy atom. The fourth-order valence-electron chi connectivity index (χ4n) is 3.04. The van der Waals surface area contributed by atoms with E-state index in [2.05, 4.69) is 6.07 Å². The lowest BCUT2D eigenvalue weighted by molar-refractivity contribution is 0.407. The van der Waals surface area contributed by atoms with Gasteiger partial charge in [-0.2, -0.15) is 0 Å². The van der Waals surface area contributed by atoms with E-state index in [1.54, 1.807) is 13.2 Å². The van der Waals surface area contributed by atoms with Crippen LogP contribution in [0.5, 0.6) is 5.75 Å². The minimum Gasteiger partial charge on any atom is -0.497 e. The van der Waals surface area contributed by atoms with E-state index in [0.717, 1.165) is 29.7 Å². The molecule has 0 aliphatic heterocycles. The summed E-state index contributed by atoms with van der Waals surface area (Å²) in [5.74, 6) is 0.471. The Morgan fingerprint density at radius 2 is 2.10 bits per heavy atom. The van der Waals surface area contributed by atoms with Crippen LogP contribution in [0.3, 0.4) is 0 Å². The van der Waals surface area contributed by atoms with Crippen LogP contribution in [0, 0.1) is 5.82 Å². The maximum atomic E-state index is 13.2. The maximum absolute atomic E-state index is 13.2. The van der Waals surface area contributed by atoms with E-state index in [0.29, 0.717) is 11.4 Å². The number of fused-ring (bicyclic) bond motifs is 1. The Morgan fingerprint density at radius 3 is 2.81 bits per heavy atom. The number of nitrogens with two attached hydrogens (primary N) is 1. The molecule has 1 aliphatic carbocycles. The van der Waals surface area contributed by atoms with Crippen molar-refractivity contribution in [3.05, 3.63) is 63.9 Å². The molecule has 2 nitrogen and oxygen atoms in total. The van der Waals surface area contributed by atoms with E-state index in [1.165, 1.54) is 17.7 Å². The van der Waals surface area contributed by atoms with Gasteiger partial charge in [-0.25, -0.2) is 4.39 Å². The number of ether oxygens (including phenoxy) is 1. The third-order valence-corrected chi connectivity index (χ3v) is 4.57. The van der Waals surface area contributed by atoms with E-state index in [1.807, 2.05) is 12.1 Å². The van der Waals surface area contributed by atoms with Crippen molar-refractivity contribution in [2.75, 3.05) is 7.11 Å². The van der Waals surface area contributed by atoms with E-state index < -0.39 is 5.54 Å². The molecule has 0 radical (unpaired) electrons. The fourth-order valence-corrected chi connectivity index (χ4v) is 3.28. The van der Waals surface area contributed by atoms with Gasteiger partial charge < -0.3 is 10.5 Å². The second kappa shape index (κ2) is 5.32. The lowest BCUT2D eigenvalue weighted by Crippen LogP contribution is -2.36. The van der Waals surface area contributed by atoms with Crippen LogP contribution in [0.4, 0.5) is 4.39 Å². The zero-order chi connectivity index (χ0) is 15.0. The molecule has 0 amide bonds. The van der Waals surface area contributed by atoms with Crippen LogP contribution in [0.15, 0.2) is 36.4 Å². The predicted octanol–water partition coefficient (Wildman–Crippen LogP) is 3.83. The van der Waals surface area contributed by atoms with E-state index in [9.17, 15) is 4.39 Å². The van der Waals surface area contributed by atoms with Gasteiger partial charge in [-0.3, -0.25) is 0 Å². The summed E-state index contributed by atoms with van der Waals surface area (Å²) in [5, 5.41) is 0.427. The van der Waals surface area contributed by atoms with E-state index in [-0.39, 0.29) is 5.82 Å². The molecular weight excluding hydrogens is 289 g/mol. The van der Waals surface area contributed by atoms with Gasteiger partial charge in [-0.05, 0) is 60.2 Å². The third kappa shape index (κ3) is 2.63. The van der Waals surface area contributed by atoms with Gasteiger partial charge in [0.25, 0.3) is 0 Å². The van der Waals surface area contributed by atoms with Crippen molar-refractivity contribution < 1.29 is 9.13 Å². The molecule has 1 aliphatic rings. The van der Waals surface area contributed by atoms with Crippen molar-refractivity contribution in [1.29, 1.82) is 0 Å². The lowest BCUT2D eigenvalue weighted by Gasteiger charge is -2.26. The van der Waals surface area contributed by atoms with Crippen molar-refractivity contribution in [2.45, 2.75) is 24.8 Å². The zero-order valence-electron chi connectivity index (χ0n) is 11.8. The van der Waals surface area contributed by atoms with Gasteiger partial charge >= 0.3 is 0 Å². The first-order valence-electron chi connectivity index (χ1n) is 6.92. The molecule has 2 N–H and O–H groups in total. The predicted molar refractivity (Wildman–Crippen MR) is 82.3 cm³/mol. The van der Waals surface area contributed by atoms with Crippen molar-refractivity contribution in [3.8, 4) is 5.75 Å². The summed E-state index contributed by atoms with van der Waals surface area (Å²) < 4.78 is 18.5. The lowest BCUT2D eigenvalue weighted by atomic mass is 9.86. The molecule has 3 rings (SSSR count). The normalized spacial score (nSPS) is 20.4. The highest BCUT2D eigenvalue weighted by Crippen LogP contribution is 2.40. The number of halogens is 2. The van der Waals surface area contributed by atoms with Gasteiger partial charge in [0.1, 0.15) is 11.6 Å². The molecule has 0 bridgehead atoms. The molecule has 0 spiro atoms. The summed E-state index contributed by atoms with van der Waals surface area (Å²) in [7, 11) is 1.64. The Kier molecular flexibility index (Phi) is 3.64. The van der Waals surface area contributed by atoms with Gasteiger partial charge in [-0.15, -0.1) is 0 Å². The summed E-state index contributed by atoms with van der Waals surface area (Å²) in [6, 6.07) is 10.5. The first kappa shape index (κ1) is 14.4. The monoisotopic (exact) mass is 305 g/mol. The second-order valence-corrected chi connectivity index (χ2v) is 6.00. The van der Waals surface area contributed by atoms with Crippen molar-refractivity contribution in [3.63, 3.8) is 0 Å². The number of rotatable bonds is 3. The summed E-state index contributed by atoms with van der Waals surface area (Å²) >= 11 is 6.14. The molecule has 0 fully saturated rings. The highest BCUT2D eigenvalue weighted by Gasteiger charge is 2.35. The smallest absolute Gasteiger partial charge is 0.124 e. The van der Waals surface area contributed by atoms with Gasteiger partial charge in [-0.1, -0.05) is 23.7 Å². The Hall–Kier alpha value is -1.58. The Bertz CT molecular complexity index is 688. The van der Waals surface area contributed by atoms with Crippen LogP contribution in [0.1, 0.15) is 23.1 Å². The number of hydrogen-bond acceptors (Lipinski definition) is 2. The molecule has 21 heavy (non-hydrogen) atoms.